The molecule has 0 heterocycles. The summed E-state index contributed by atoms with van der Waals surface area (Å²) in [6, 6.07) is 4.13. The molecule has 3 nitrogen and oxygen atoms in total. The maximum absolute atomic E-state index is 5.76. The number of aryl methyl sites for hydroxylation is 1. The first kappa shape index (κ1) is 13.3. The molecule has 90 valence electrons. The predicted molar refractivity (Wildman–Crippen MR) is 69.2 cm³/mol. The molecular weight excluding hydrogens is 270 g/mol. The minimum Gasteiger partial charge on any atom is -0.493 e. The molecule has 0 aliphatic carbocycles. The molecule has 0 radical (unpaired) electrons. The van der Waals surface area contributed by atoms with Crippen molar-refractivity contribution in [3.8, 4) is 11.5 Å². The van der Waals surface area contributed by atoms with Crippen molar-refractivity contribution in [2.45, 2.75) is 25.8 Å². The molecule has 0 aromatic heterocycles. The van der Waals surface area contributed by atoms with E-state index >= 15 is 0 Å². The van der Waals surface area contributed by atoms with E-state index in [9.17, 15) is 0 Å². The first-order chi connectivity index (χ1) is 7.58. The Kier molecular flexibility index (Phi) is 5.09. The Morgan fingerprint density at radius 1 is 1.31 bits per heavy atom. The van der Waals surface area contributed by atoms with Crippen LogP contribution in [0.1, 0.15) is 18.9 Å². The number of methoxy groups -OCH3 is 2. The molecular formula is C12H18BrNO2. The third-order valence-corrected chi connectivity index (χ3v) is 2.85. The van der Waals surface area contributed by atoms with Gasteiger partial charge >= 0.3 is 0 Å². The molecule has 1 aromatic carbocycles. The van der Waals surface area contributed by atoms with Gasteiger partial charge in [0.2, 0.25) is 0 Å². The second-order valence-electron chi connectivity index (χ2n) is 3.82. The highest BCUT2D eigenvalue weighted by Gasteiger charge is 2.11. The van der Waals surface area contributed by atoms with Gasteiger partial charge in [-0.2, -0.15) is 0 Å². The van der Waals surface area contributed by atoms with Crippen molar-refractivity contribution in [3.05, 3.63) is 22.2 Å². The van der Waals surface area contributed by atoms with Crippen LogP contribution in [0.2, 0.25) is 0 Å². The third-order valence-electron chi connectivity index (χ3n) is 2.39. The first-order valence-corrected chi connectivity index (χ1v) is 6.03. The van der Waals surface area contributed by atoms with Crippen molar-refractivity contribution in [1.29, 1.82) is 0 Å². The van der Waals surface area contributed by atoms with E-state index in [1.54, 1.807) is 14.2 Å². The van der Waals surface area contributed by atoms with Crippen LogP contribution in [0.3, 0.4) is 0 Å². The number of hydrogen-bond acceptors (Lipinski definition) is 3. The zero-order valence-electron chi connectivity index (χ0n) is 9.92. The van der Waals surface area contributed by atoms with Gasteiger partial charge in [0.15, 0.2) is 11.5 Å². The number of ether oxygens (including phenoxy) is 2. The molecule has 1 atom stereocenters. The van der Waals surface area contributed by atoms with E-state index in [4.69, 9.17) is 15.2 Å². The smallest absolute Gasteiger partial charge is 0.163 e. The fourth-order valence-electron chi connectivity index (χ4n) is 1.57. The molecule has 2 N–H and O–H groups in total. The van der Waals surface area contributed by atoms with Crippen LogP contribution in [0.4, 0.5) is 0 Å². The number of nitrogens with two attached hydrogens (primary N) is 1. The summed E-state index contributed by atoms with van der Waals surface area (Å²) in [5, 5.41) is 0. The SMILES string of the molecule is COc1cc(Br)cc(CCC(C)N)c1OC. The van der Waals surface area contributed by atoms with E-state index < -0.39 is 0 Å². The summed E-state index contributed by atoms with van der Waals surface area (Å²) >= 11 is 3.46. The zero-order chi connectivity index (χ0) is 12.1. The normalized spacial score (nSPS) is 12.3. The molecule has 1 aromatic rings. The average molecular weight is 288 g/mol. The fourth-order valence-corrected chi connectivity index (χ4v) is 2.06. The molecule has 16 heavy (non-hydrogen) atoms. The van der Waals surface area contributed by atoms with Crippen LogP contribution in [-0.4, -0.2) is 20.3 Å². The predicted octanol–water partition coefficient (Wildman–Crippen LogP) is 2.75. The molecule has 0 aliphatic heterocycles. The second-order valence-corrected chi connectivity index (χ2v) is 4.73. The van der Waals surface area contributed by atoms with Crippen molar-refractivity contribution in [3.63, 3.8) is 0 Å². The van der Waals surface area contributed by atoms with Crippen molar-refractivity contribution >= 4 is 15.9 Å². The first-order valence-electron chi connectivity index (χ1n) is 5.24. The van der Waals surface area contributed by atoms with E-state index in [0.717, 1.165) is 34.4 Å². The number of benzene rings is 1. The lowest BCUT2D eigenvalue weighted by Crippen LogP contribution is -2.15. The van der Waals surface area contributed by atoms with Gasteiger partial charge in [-0.25, -0.2) is 0 Å². The van der Waals surface area contributed by atoms with E-state index in [1.807, 2.05) is 19.1 Å². The summed E-state index contributed by atoms with van der Waals surface area (Å²) < 4.78 is 11.6. The molecule has 1 unspecified atom stereocenters. The lowest BCUT2D eigenvalue weighted by Gasteiger charge is -2.14. The molecule has 0 saturated heterocycles. The van der Waals surface area contributed by atoms with Crippen LogP contribution in [-0.2, 0) is 6.42 Å². The summed E-state index contributed by atoms with van der Waals surface area (Å²) in [5.41, 5.74) is 6.87. The van der Waals surface area contributed by atoms with Crippen LogP contribution < -0.4 is 15.2 Å². The average Bonchev–Trinajstić information content (AvgIpc) is 2.25. The van der Waals surface area contributed by atoms with E-state index in [1.165, 1.54) is 0 Å². The van der Waals surface area contributed by atoms with Crippen LogP contribution in [0.15, 0.2) is 16.6 Å². The van der Waals surface area contributed by atoms with E-state index in [-0.39, 0.29) is 6.04 Å². The standard InChI is InChI=1S/C12H18BrNO2/c1-8(14)4-5-9-6-10(13)7-11(15-2)12(9)16-3/h6-8H,4-5,14H2,1-3H3. The van der Waals surface area contributed by atoms with Crippen molar-refractivity contribution in [2.75, 3.05) is 14.2 Å². The van der Waals surface area contributed by atoms with Gasteiger partial charge in [-0.3, -0.25) is 0 Å². The summed E-state index contributed by atoms with van der Waals surface area (Å²) in [4.78, 5) is 0. The lowest BCUT2D eigenvalue weighted by molar-refractivity contribution is 0.351. The topological polar surface area (TPSA) is 44.5 Å². The maximum atomic E-state index is 5.76. The summed E-state index contributed by atoms with van der Waals surface area (Å²) in [6.45, 7) is 2.00. The highest BCUT2D eigenvalue weighted by molar-refractivity contribution is 9.10. The summed E-state index contributed by atoms with van der Waals surface area (Å²) in [6.07, 6.45) is 1.81. The van der Waals surface area contributed by atoms with Gasteiger partial charge in [0.1, 0.15) is 0 Å². The van der Waals surface area contributed by atoms with Crippen LogP contribution in [0.25, 0.3) is 0 Å². The van der Waals surface area contributed by atoms with Gasteiger partial charge in [-0.05, 0) is 37.5 Å². The zero-order valence-corrected chi connectivity index (χ0v) is 11.5. The Balaban J connectivity index is 3.00. The van der Waals surface area contributed by atoms with Crippen LogP contribution >= 0.6 is 15.9 Å². The van der Waals surface area contributed by atoms with Crippen LogP contribution in [0, 0.1) is 0 Å². The number of hydrogen-bond donors (Lipinski definition) is 1. The fraction of sp³-hybridized carbons (Fsp3) is 0.500. The lowest BCUT2D eigenvalue weighted by atomic mass is 10.1. The number of halogens is 1. The minimum absolute atomic E-state index is 0.190. The van der Waals surface area contributed by atoms with Gasteiger partial charge in [-0.1, -0.05) is 15.9 Å². The van der Waals surface area contributed by atoms with Gasteiger partial charge in [0.05, 0.1) is 14.2 Å². The molecule has 0 spiro atoms. The molecule has 1 rings (SSSR count). The quantitative estimate of drug-likeness (QED) is 0.906. The highest BCUT2D eigenvalue weighted by atomic mass is 79.9. The third kappa shape index (κ3) is 3.39. The molecule has 0 aliphatic rings. The Bertz CT molecular complexity index is 353. The molecule has 0 amide bonds. The largest absolute Gasteiger partial charge is 0.493 e. The Hall–Kier alpha value is -0.740. The van der Waals surface area contributed by atoms with Gasteiger partial charge in [-0.15, -0.1) is 0 Å². The minimum atomic E-state index is 0.190. The highest BCUT2D eigenvalue weighted by Crippen LogP contribution is 2.35. The van der Waals surface area contributed by atoms with E-state index in [0.29, 0.717) is 0 Å². The second kappa shape index (κ2) is 6.11. The Morgan fingerprint density at radius 3 is 2.50 bits per heavy atom. The molecule has 0 fully saturated rings. The Labute approximate surface area is 105 Å². The monoisotopic (exact) mass is 287 g/mol. The summed E-state index contributed by atoms with van der Waals surface area (Å²) in [7, 11) is 3.29. The van der Waals surface area contributed by atoms with Crippen LogP contribution in [0.5, 0.6) is 11.5 Å². The number of rotatable bonds is 5. The molecule has 0 saturated carbocycles. The Morgan fingerprint density at radius 2 is 2.00 bits per heavy atom. The van der Waals surface area contributed by atoms with Gasteiger partial charge in [0.25, 0.3) is 0 Å². The maximum Gasteiger partial charge on any atom is 0.163 e. The van der Waals surface area contributed by atoms with Crippen molar-refractivity contribution in [1.82, 2.24) is 0 Å². The van der Waals surface area contributed by atoms with Gasteiger partial charge < -0.3 is 15.2 Å². The van der Waals surface area contributed by atoms with Crippen molar-refractivity contribution < 1.29 is 9.47 Å². The van der Waals surface area contributed by atoms with Gasteiger partial charge in [0, 0.05) is 10.5 Å². The summed E-state index contributed by atoms with van der Waals surface area (Å²) in [5.74, 6) is 1.54. The van der Waals surface area contributed by atoms with E-state index in [2.05, 4.69) is 15.9 Å². The molecule has 0 bridgehead atoms. The molecule has 4 heteroatoms. The van der Waals surface area contributed by atoms with Crippen molar-refractivity contribution in [2.24, 2.45) is 5.73 Å².